The number of hydrazone groups is 1. The Morgan fingerprint density at radius 2 is 1.13 bits per heavy atom. The zero-order valence-electron chi connectivity index (χ0n) is 13.0. The third-order valence-electron chi connectivity index (χ3n) is 3.44. The van der Waals surface area contributed by atoms with Crippen LogP contribution < -0.4 is 5.17 Å². The number of rotatable bonds is 5. The molecule has 0 amide bonds. The first kappa shape index (κ1) is 15.0. The van der Waals surface area contributed by atoms with E-state index in [1.54, 1.807) is 7.11 Å². The summed E-state index contributed by atoms with van der Waals surface area (Å²) in [4.78, 5) is 5.46. The van der Waals surface area contributed by atoms with Gasteiger partial charge in [-0.2, -0.15) is 0 Å². The molecule has 3 nitrogen and oxygen atoms in total. The van der Waals surface area contributed by atoms with Gasteiger partial charge in [0.15, 0.2) is 0 Å². The standard InChI is InChI=1S/C20H18N2O/c1-23-22(19-15-9-4-10-16-19)21-20(17-11-5-2-6-12-17)18-13-7-3-8-14-18/h2-16H,1H3. The summed E-state index contributed by atoms with van der Waals surface area (Å²) in [5, 5.41) is 6.27. The molecule has 0 N–H and O–H groups in total. The van der Waals surface area contributed by atoms with Gasteiger partial charge in [0.2, 0.25) is 0 Å². The van der Waals surface area contributed by atoms with Gasteiger partial charge in [-0.15, -0.1) is 10.3 Å². The molecule has 0 spiro atoms. The third kappa shape index (κ3) is 3.65. The molecule has 0 radical (unpaired) electrons. The predicted octanol–water partition coefficient (Wildman–Crippen LogP) is 4.51. The van der Waals surface area contributed by atoms with Gasteiger partial charge < -0.3 is 0 Å². The lowest BCUT2D eigenvalue weighted by molar-refractivity contribution is 0.170. The van der Waals surface area contributed by atoms with E-state index in [0.717, 1.165) is 22.5 Å². The second-order valence-corrected chi connectivity index (χ2v) is 4.97. The second kappa shape index (κ2) is 7.38. The maximum Gasteiger partial charge on any atom is 0.101 e. The van der Waals surface area contributed by atoms with Crippen LogP contribution in [0.25, 0.3) is 0 Å². The van der Waals surface area contributed by atoms with Crippen LogP contribution >= 0.6 is 0 Å². The van der Waals surface area contributed by atoms with Crippen LogP contribution in [0.5, 0.6) is 0 Å². The summed E-state index contributed by atoms with van der Waals surface area (Å²) >= 11 is 0. The minimum atomic E-state index is 0.858. The number of para-hydroxylation sites is 1. The lowest BCUT2D eigenvalue weighted by Gasteiger charge is -2.18. The van der Waals surface area contributed by atoms with Crippen LogP contribution in [-0.2, 0) is 4.84 Å². The summed E-state index contributed by atoms with van der Waals surface area (Å²) in [6, 6.07) is 30.0. The van der Waals surface area contributed by atoms with Gasteiger partial charge in [-0.05, 0) is 12.1 Å². The molecule has 0 heterocycles. The summed E-state index contributed by atoms with van der Waals surface area (Å²) in [5.41, 5.74) is 3.81. The lowest BCUT2D eigenvalue weighted by atomic mass is 10.0. The van der Waals surface area contributed by atoms with Crippen molar-refractivity contribution in [1.29, 1.82) is 0 Å². The summed E-state index contributed by atoms with van der Waals surface area (Å²) in [5.74, 6) is 0. The van der Waals surface area contributed by atoms with Crippen molar-refractivity contribution in [3.63, 3.8) is 0 Å². The van der Waals surface area contributed by atoms with Crippen LogP contribution in [-0.4, -0.2) is 12.8 Å². The third-order valence-corrected chi connectivity index (χ3v) is 3.44. The van der Waals surface area contributed by atoms with E-state index in [9.17, 15) is 0 Å². The largest absolute Gasteiger partial charge is 0.255 e. The van der Waals surface area contributed by atoms with Crippen LogP contribution in [0.4, 0.5) is 5.69 Å². The molecule has 3 aromatic carbocycles. The molecule has 0 aliphatic heterocycles. The van der Waals surface area contributed by atoms with Gasteiger partial charge in [0, 0.05) is 11.1 Å². The average Bonchev–Trinajstić information content (AvgIpc) is 2.65. The molecule has 3 aromatic rings. The highest BCUT2D eigenvalue weighted by Gasteiger charge is 2.10. The van der Waals surface area contributed by atoms with Crippen molar-refractivity contribution < 1.29 is 4.84 Å². The molecule has 0 unspecified atom stereocenters. The minimum Gasteiger partial charge on any atom is -0.255 e. The normalized spacial score (nSPS) is 10.1. The van der Waals surface area contributed by atoms with Gasteiger partial charge >= 0.3 is 0 Å². The summed E-state index contributed by atoms with van der Waals surface area (Å²) < 4.78 is 0. The summed E-state index contributed by atoms with van der Waals surface area (Å²) in [6.07, 6.45) is 0. The second-order valence-electron chi connectivity index (χ2n) is 4.97. The van der Waals surface area contributed by atoms with E-state index < -0.39 is 0 Å². The molecule has 3 rings (SSSR count). The Bertz CT molecular complexity index is 714. The predicted molar refractivity (Wildman–Crippen MR) is 94.5 cm³/mol. The SMILES string of the molecule is CON(N=C(c1ccccc1)c1ccccc1)c1ccccc1. The molecular formula is C20H18N2O. The van der Waals surface area contributed by atoms with Crippen LogP contribution in [0.15, 0.2) is 96.1 Å². The highest BCUT2D eigenvalue weighted by molar-refractivity contribution is 6.13. The molecule has 0 aliphatic rings. The fraction of sp³-hybridized carbons (Fsp3) is 0.0500. The van der Waals surface area contributed by atoms with Gasteiger partial charge in [0.25, 0.3) is 0 Å². The first-order chi connectivity index (χ1) is 11.4. The Labute approximate surface area is 136 Å². The Morgan fingerprint density at radius 3 is 1.57 bits per heavy atom. The number of hydrogen-bond acceptors (Lipinski definition) is 3. The first-order valence-electron chi connectivity index (χ1n) is 7.47. The zero-order valence-corrected chi connectivity index (χ0v) is 13.0. The Hall–Kier alpha value is -2.91. The van der Waals surface area contributed by atoms with Gasteiger partial charge in [-0.25, -0.2) is 0 Å². The van der Waals surface area contributed by atoms with Crippen LogP contribution in [0.2, 0.25) is 0 Å². The van der Waals surface area contributed by atoms with E-state index in [4.69, 9.17) is 9.94 Å². The highest BCUT2D eigenvalue weighted by atomic mass is 16.7. The van der Waals surface area contributed by atoms with Crippen molar-refractivity contribution in [2.45, 2.75) is 0 Å². The Kier molecular flexibility index (Phi) is 4.82. The molecule has 0 aliphatic carbocycles. The first-order valence-corrected chi connectivity index (χ1v) is 7.47. The topological polar surface area (TPSA) is 24.8 Å². The zero-order chi connectivity index (χ0) is 15.9. The lowest BCUT2D eigenvalue weighted by Crippen LogP contribution is -2.18. The Balaban J connectivity index is 2.07. The molecule has 23 heavy (non-hydrogen) atoms. The fourth-order valence-electron chi connectivity index (χ4n) is 2.32. The van der Waals surface area contributed by atoms with E-state index in [1.807, 2.05) is 91.0 Å². The van der Waals surface area contributed by atoms with Crippen molar-refractivity contribution in [2.24, 2.45) is 5.10 Å². The van der Waals surface area contributed by atoms with E-state index in [1.165, 1.54) is 5.17 Å². The molecular weight excluding hydrogens is 284 g/mol. The van der Waals surface area contributed by atoms with E-state index >= 15 is 0 Å². The van der Waals surface area contributed by atoms with Crippen LogP contribution in [0.3, 0.4) is 0 Å². The minimum absolute atomic E-state index is 0.858. The average molecular weight is 302 g/mol. The fourth-order valence-corrected chi connectivity index (χ4v) is 2.32. The monoisotopic (exact) mass is 302 g/mol. The maximum atomic E-state index is 5.46. The number of hydrogen-bond donors (Lipinski definition) is 0. The van der Waals surface area contributed by atoms with Crippen molar-refractivity contribution >= 4 is 11.4 Å². The molecule has 0 atom stereocenters. The van der Waals surface area contributed by atoms with Gasteiger partial charge in [0.1, 0.15) is 5.71 Å². The van der Waals surface area contributed by atoms with Gasteiger partial charge in [-0.1, -0.05) is 78.9 Å². The quantitative estimate of drug-likeness (QED) is 0.512. The van der Waals surface area contributed by atoms with E-state index in [-0.39, 0.29) is 0 Å². The molecule has 0 aromatic heterocycles. The summed E-state index contributed by atoms with van der Waals surface area (Å²) in [6.45, 7) is 0. The maximum absolute atomic E-state index is 5.46. The molecule has 0 bridgehead atoms. The van der Waals surface area contributed by atoms with Crippen molar-refractivity contribution in [3.05, 3.63) is 102 Å². The molecule has 0 saturated heterocycles. The number of nitrogens with zero attached hydrogens (tertiary/aromatic N) is 2. The van der Waals surface area contributed by atoms with Crippen molar-refractivity contribution in [1.82, 2.24) is 0 Å². The number of benzene rings is 3. The van der Waals surface area contributed by atoms with Crippen molar-refractivity contribution in [2.75, 3.05) is 12.3 Å². The van der Waals surface area contributed by atoms with Crippen LogP contribution in [0, 0.1) is 0 Å². The van der Waals surface area contributed by atoms with Crippen molar-refractivity contribution in [3.8, 4) is 0 Å². The molecule has 3 heteroatoms. The van der Waals surface area contributed by atoms with Crippen LogP contribution in [0.1, 0.15) is 11.1 Å². The van der Waals surface area contributed by atoms with Gasteiger partial charge in [-0.3, -0.25) is 4.84 Å². The van der Waals surface area contributed by atoms with E-state index in [0.29, 0.717) is 0 Å². The smallest absolute Gasteiger partial charge is 0.101 e. The molecule has 0 fully saturated rings. The molecule has 0 saturated carbocycles. The number of anilines is 1. The van der Waals surface area contributed by atoms with Gasteiger partial charge in [0.05, 0.1) is 12.8 Å². The Morgan fingerprint density at radius 1 is 0.696 bits per heavy atom. The highest BCUT2D eigenvalue weighted by Crippen LogP contribution is 2.17. The molecule has 114 valence electrons. The summed E-state index contributed by atoms with van der Waals surface area (Å²) in [7, 11) is 1.62. The van der Waals surface area contributed by atoms with E-state index in [2.05, 4.69) is 0 Å².